The van der Waals surface area contributed by atoms with E-state index in [2.05, 4.69) is 37.9 Å². The normalized spacial score (nSPS) is 10.5. The summed E-state index contributed by atoms with van der Waals surface area (Å²) in [6, 6.07) is 3.61. The van der Waals surface area contributed by atoms with Gasteiger partial charge in [-0.3, -0.25) is 4.98 Å². The van der Waals surface area contributed by atoms with Gasteiger partial charge in [0.1, 0.15) is 5.69 Å². The van der Waals surface area contributed by atoms with Crippen molar-refractivity contribution < 1.29 is 9.90 Å². The summed E-state index contributed by atoms with van der Waals surface area (Å²) in [6.07, 6.45) is 0. The Kier molecular flexibility index (Phi) is 3.09. The Bertz CT molecular complexity index is 594. The third-order valence-electron chi connectivity index (χ3n) is 2.29. The fourth-order valence-corrected chi connectivity index (χ4v) is 1.75. The molecule has 2 aromatic heterocycles. The van der Waals surface area contributed by atoms with Crippen molar-refractivity contribution in [2.45, 2.75) is 6.92 Å². The van der Waals surface area contributed by atoms with E-state index in [1.807, 2.05) is 13.0 Å². The number of halogens is 1. The molecule has 0 saturated carbocycles. The lowest BCUT2D eigenvalue weighted by molar-refractivity contribution is 0.0686. The first-order valence-corrected chi connectivity index (χ1v) is 5.85. The van der Waals surface area contributed by atoms with Crippen molar-refractivity contribution >= 4 is 28.6 Å². The molecular weight excluding hydrogens is 335 g/mol. The maximum atomic E-state index is 11.1. The third kappa shape index (κ3) is 2.14. The first-order valence-electron chi connectivity index (χ1n) is 4.77. The van der Waals surface area contributed by atoms with Crippen LogP contribution in [0, 0.1) is 10.5 Å². The minimum absolute atomic E-state index is 0.0399. The highest BCUT2D eigenvalue weighted by atomic mass is 127. The van der Waals surface area contributed by atoms with Gasteiger partial charge in [-0.2, -0.15) is 0 Å². The van der Waals surface area contributed by atoms with Crippen LogP contribution in [-0.2, 0) is 7.05 Å². The molecule has 0 radical (unpaired) electrons. The maximum absolute atomic E-state index is 11.1. The fourth-order valence-electron chi connectivity index (χ4n) is 1.45. The number of carboxylic acids is 1. The van der Waals surface area contributed by atoms with Gasteiger partial charge >= 0.3 is 5.97 Å². The average molecular weight is 344 g/mol. The number of nitrogens with zero attached hydrogens (tertiary/aromatic N) is 4. The SMILES string of the molecule is Cc1nc(-c2nnn(C)c2C(=O)O)ccc1I. The molecule has 0 aliphatic heterocycles. The van der Waals surface area contributed by atoms with E-state index in [0.717, 1.165) is 9.26 Å². The lowest BCUT2D eigenvalue weighted by Crippen LogP contribution is -2.07. The molecule has 7 heteroatoms. The zero-order valence-electron chi connectivity index (χ0n) is 9.18. The van der Waals surface area contributed by atoms with Crippen molar-refractivity contribution in [3.8, 4) is 11.4 Å². The van der Waals surface area contributed by atoms with Crippen LogP contribution in [0.2, 0.25) is 0 Å². The number of aromatic carboxylic acids is 1. The van der Waals surface area contributed by atoms with E-state index in [9.17, 15) is 4.79 Å². The minimum atomic E-state index is -1.06. The van der Waals surface area contributed by atoms with Crippen molar-refractivity contribution in [3.05, 3.63) is 27.1 Å². The van der Waals surface area contributed by atoms with E-state index >= 15 is 0 Å². The molecule has 0 amide bonds. The van der Waals surface area contributed by atoms with Gasteiger partial charge in [0.05, 0.1) is 11.4 Å². The van der Waals surface area contributed by atoms with Crippen LogP contribution in [0.15, 0.2) is 12.1 Å². The van der Waals surface area contributed by atoms with Gasteiger partial charge in [-0.15, -0.1) is 5.10 Å². The van der Waals surface area contributed by atoms with Crippen molar-refractivity contribution in [2.24, 2.45) is 7.05 Å². The molecular formula is C10H9IN4O2. The highest BCUT2D eigenvalue weighted by molar-refractivity contribution is 14.1. The van der Waals surface area contributed by atoms with Crippen LogP contribution in [-0.4, -0.2) is 31.1 Å². The quantitative estimate of drug-likeness (QED) is 0.835. The van der Waals surface area contributed by atoms with Gasteiger partial charge in [-0.05, 0) is 41.6 Å². The molecule has 2 aromatic rings. The zero-order chi connectivity index (χ0) is 12.6. The summed E-state index contributed by atoms with van der Waals surface area (Å²) in [6.45, 7) is 1.86. The van der Waals surface area contributed by atoms with Gasteiger partial charge < -0.3 is 5.11 Å². The van der Waals surface area contributed by atoms with Crippen molar-refractivity contribution in [1.29, 1.82) is 0 Å². The Balaban J connectivity index is 2.60. The lowest BCUT2D eigenvalue weighted by Gasteiger charge is -2.02. The largest absolute Gasteiger partial charge is 0.476 e. The Morgan fingerprint density at radius 3 is 2.76 bits per heavy atom. The standard InChI is InChI=1S/C10H9IN4O2/c1-5-6(11)3-4-7(12-5)8-9(10(16)17)15(2)14-13-8/h3-4H,1-2H3,(H,16,17). The van der Waals surface area contributed by atoms with Gasteiger partial charge in [0.15, 0.2) is 5.69 Å². The maximum Gasteiger partial charge on any atom is 0.356 e. The molecule has 2 heterocycles. The molecule has 2 rings (SSSR count). The number of hydrogen-bond acceptors (Lipinski definition) is 4. The van der Waals surface area contributed by atoms with E-state index in [1.165, 1.54) is 4.68 Å². The van der Waals surface area contributed by atoms with Crippen molar-refractivity contribution in [1.82, 2.24) is 20.0 Å². The van der Waals surface area contributed by atoms with E-state index < -0.39 is 5.97 Å². The van der Waals surface area contributed by atoms with Crippen molar-refractivity contribution in [2.75, 3.05) is 0 Å². The molecule has 88 valence electrons. The zero-order valence-corrected chi connectivity index (χ0v) is 11.3. The van der Waals surface area contributed by atoms with Crippen LogP contribution in [0.4, 0.5) is 0 Å². The highest BCUT2D eigenvalue weighted by Gasteiger charge is 2.20. The van der Waals surface area contributed by atoms with E-state index in [0.29, 0.717) is 11.4 Å². The molecule has 17 heavy (non-hydrogen) atoms. The average Bonchev–Trinajstić information content (AvgIpc) is 2.64. The van der Waals surface area contributed by atoms with Gasteiger partial charge in [-0.25, -0.2) is 9.48 Å². The topological polar surface area (TPSA) is 80.9 Å². The summed E-state index contributed by atoms with van der Waals surface area (Å²) in [5, 5.41) is 16.6. The van der Waals surface area contributed by atoms with Gasteiger partial charge in [0.25, 0.3) is 0 Å². The fraction of sp³-hybridized carbons (Fsp3) is 0.200. The number of aromatic nitrogens is 4. The van der Waals surface area contributed by atoms with Crippen LogP contribution in [0.5, 0.6) is 0 Å². The molecule has 0 saturated heterocycles. The number of pyridine rings is 1. The monoisotopic (exact) mass is 344 g/mol. The molecule has 1 N–H and O–H groups in total. The number of carbonyl (C=O) groups is 1. The second-order valence-electron chi connectivity index (χ2n) is 3.48. The Hall–Kier alpha value is -1.51. The van der Waals surface area contributed by atoms with Crippen molar-refractivity contribution in [3.63, 3.8) is 0 Å². The summed E-state index contributed by atoms with van der Waals surface area (Å²) in [5.74, 6) is -1.06. The summed E-state index contributed by atoms with van der Waals surface area (Å²) < 4.78 is 2.25. The number of hydrogen-bond donors (Lipinski definition) is 1. The Morgan fingerprint density at radius 2 is 2.18 bits per heavy atom. The molecule has 0 spiro atoms. The van der Waals surface area contributed by atoms with E-state index in [-0.39, 0.29) is 5.69 Å². The van der Waals surface area contributed by atoms with Crippen LogP contribution in [0.3, 0.4) is 0 Å². The Labute approximate surface area is 111 Å². The van der Waals surface area contributed by atoms with Crippen LogP contribution in [0.1, 0.15) is 16.2 Å². The van der Waals surface area contributed by atoms with Crippen LogP contribution >= 0.6 is 22.6 Å². The first-order chi connectivity index (χ1) is 8.00. The molecule has 0 aliphatic carbocycles. The minimum Gasteiger partial charge on any atom is -0.476 e. The number of aryl methyl sites for hydroxylation is 2. The second-order valence-corrected chi connectivity index (χ2v) is 4.64. The molecule has 0 atom stereocenters. The molecule has 0 fully saturated rings. The Morgan fingerprint density at radius 1 is 1.47 bits per heavy atom. The summed E-state index contributed by atoms with van der Waals surface area (Å²) in [7, 11) is 1.54. The summed E-state index contributed by atoms with van der Waals surface area (Å²) in [4.78, 5) is 15.4. The predicted octanol–water partition coefficient (Wildman–Crippen LogP) is 1.49. The molecule has 6 nitrogen and oxygen atoms in total. The predicted molar refractivity (Wildman–Crippen MR) is 68.6 cm³/mol. The third-order valence-corrected chi connectivity index (χ3v) is 3.43. The second kappa shape index (κ2) is 4.40. The highest BCUT2D eigenvalue weighted by Crippen LogP contribution is 2.21. The molecule has 0 aliphatic rings. The van der Waals surface area contributed by atoms with Gasteiger partial charge in [0, 0.05) is 10.6 Å². The molecule has 0 unspecified atom stereocenters. The van der Waals surface area contributed by atoms with Crippen LogP contribution < -0.4 is 0 Å². The smallest absolute Gasteiger partial charge is 0.356 e. The number of carboxylic acid groups (broad SMARTS) is 1. The van der Waals surface area contributed by atoms with E-state index in [4.69, 9.17) is 5.11 Å². The summed E-state index contributed by atoms with van der Waals surface area (Å²) >= 11 is 2.17. The first kappa shape index (κ1) is 12.0. The van der Waals surface area contributed by atoms with Gasteiger partial charge in [0.2, 0.25) is 0 Å². The van der Waals surface area contributed by atoms with E-state index in [1.54, 1.807) is 13.1 Å². The lowest BCUT2D eigenvalue weighted by atomic mass is 10.2. The number of rotatable bonds is 2. The molecule has 0 aromatic carbocycles. The summed E-state index contributed by atoms with van der Waals surface area (Å²) in [5.41, 5.74) is 1.69. The molecule has 0 bridgehead atoms. The van der Waals surface area contributed by atoms with Gasteiger partial charge in [-0.1, -0.05) is 5.21 Å². The van der Waals surface area contributed by atoms with Crippen LogP contribution in [0.25, 0.3) is 11.4 Å².